The Morgan fingerprint density at radius 1 is 1.62 bits per heavy atom. The van der Waals surface area contributed by atoms with E-state index in [9.17, 15) is 15.0 Å². The van der Waals surface area contributed by atoms with Gasteiger partial charge in [0, 0.05) is 0 Å². The van der Waals surface area contributed by atoms with Crippen LogP contribution in [0.1, 0.15) is 26.7 Å². The van der Waals surface area contributed by atoms with E-state index < -0.39 is 23.9 Å². The lowest BCUT2D eigenvalue weighted by Gasteiger charge is -2.26. The van der Waals surface area contributed by atoms with Crippen LogP contribution in [0.15, 0.2) is 12.2 Å². The summed E-state index contributed by atoms with van der Waals surface area (Å²) in [5.74, 6) is -1.19. The Balaban J connectivity index is 0. The molecular formula is C10H18O5Si-. The molecule has 0 saturated carbocycles. The van der Waals surface area contributed by atoms with Gasteiger partial charge in [0.1, 0.15) is 6.10 Å². The summed E-state index contributed by atoms with van der Waals surface area (Å²) in [6.45, 7) is 5.93. The van der Waals surface area contributed by atoms with Gasteiger partial charge in [0.2, 0.25) is 0 Å². The van der Waals surface area contributed by atoms with Gasteiger partial charge in [-0.05, 0) is 18.9 Å². The van der Waals surface area contributed by atoms with Gasteiger partial charge < -0.3 is 25.2 Å². The summed E-state index contributed by atoms with van der Waals surface area (Å²) >= 11 is 0. The monoisotopic (exact) mass is 246 g/mol. The van der Waals surface area contributed by atoms with E-state index in [1.54, 1.807) is 0 Å². The number of aliphatic hydroxyl groups excluding tert-OH is 2. The van der Waals surface area contributed by atoms with Crippen molar-refractivity contribution in [2.45, 2.75) is 38.0 Å². The molecule has 3 radical (unpaired) electrons. The highest BCUT2D eigenvalue weighted by Gasteiger charge is 2.28. The van der Waals surface area contributed by atoms with Gasteiger partial charge >= 0.3 is 0 Å². The second-order valence-corrected chi connectivity index (χ2v) is 4.31. The molecule has 0 heterocycles. The number of carboxylic acid groups (broad SMARTS) is 1. The molecule has 0 aliphatic carbocycles. The quantitative estimate of drug-likeness (QED) is 0.397. The molecule has 16 heavy (non-hydrogen) atoms. The molecule has 0 aliphatic heterocycles. The zero-order chi connectivity index (χ0) is 13.4. The minimum Gasteiger partial charge on any atom is -0.545 e. The van der Waals surface area contributed by atoms with Gasteiger partial charge in [-0.3, -0.25) is 0 Å². The second-order valence-electron chi connectivity index (χ2n) is 3.44. The van der Waals surface area contributed by atoms with E-state index >= 15 is 0 Å². The first-order valence-corrected chi connectivity index (χ1v) is 5.32. The molecule has 5 nitrogen and oxygen atoms in total. The number of aliphatic carboxylic acids is 1. The fourth-order valence-electron chi connectivity index (χ4n) is 0.699. The Kier molecular flexibility index (Phi) is 9.35. The van der Waals surface area contributed by atoms with Crippen LogP contribution in [0, 0.1) is 0 Å². The van der Waals surface area contributed by atoms with E-state index in [0.29, 0.717) is 6.42 Å². The zero-order valence-corrected chi connectivity index (χ0v) is 10.6. The molecular weight excluding hydrogens is 228 g/mol. The zero-order valence-electron chi connectivity index (χ0n) is 9.56. The molecule has 0 aromatic carbocycles. The Bertz CT molecular complexity index is 215. The van der Waals surface area contributed by atoms with E-state index in [4.69, 9.17) is 10.2 Å². The fourth-order valence-corrected chi connectivity index (χ4v) is 1.04. The molecule has 0 rings (SSSR count). The molecule has 2 atom stereocenters. The molecule has 3 N–H and O–H groups in total. The van der Waals surface area contributed by atoms with Crippen molar-refractivity contribution in [2.75, 3.05) is 6.61 Å². The first-order valence-electron chi connectivity index (χ1n) is 4.82. The van der Waals surface area contributed by atoms with Gasteiger partial charge in [0.05, 0.1) is 28.0 Å². The summed E-state index contributed by atoms with van der Waals surface area (Å²) in [6, 6.07) is 0. The number of carboxylic acids is 1. The molecule has 2 unspecified atom stereocenters. The SMILES string of the molecule is C=C(C)C(=O)[O-].CCCC(O)([Si])C(O)CO. The van der Waals surface area contributed by atoms with E-state index in [2.05, 4.69) is 16.8 Å². The lowest BCUT2D eigenvalue weighted by Crippen LogP contribution is -2.44. The van der Waals surface area contributed by atoms with Crippen LogP contribution in [-0.4, -0.2) is 49.5 Å². The predicted octanol–water partition coefficient (Wildman–Crippen LogP) is -1.69. The summed E-state index contributed by atoms with van der Waals surface area (Å²) in [7, 11) is 2.96. The predicted molar refractivity (Wildman–Crippen MR) is 58.5 cm³/mol. The van der Waals surface area contributed by atoms with Crippen LogP contribution in [0.2, 0.25) is 0 Å². The Hall–Kier alpha value is -0.693. The Labute approximate surface area is 98.8 Å². The fraction of sp³-hybridized carbons (Fsp3) is 0.700. The van der Waals surface area contributed by atoms with Gasteiger partial charge in [0.25, 0.3) is 0 Å². The summed E-state index contributed by atoms with van der Waals surface area (Å²) in [5, 5.41) is 34.9. The highest BCUT2D eigenvalue weighted by molar-refractivity contribution is 6.14. The van der Waals surface area contributed by atoms with Crippen LogP contribution in [-0.2, 0) is 4.79 Å². The van der Waals surface area contributed by atoms with Gasteiger partial charge in [0.15, 0.2) is 0 Å². The lowest BCUT2D eigenvalue weighted by atomic mass is 10.1. The molecule has 6 heteroatoms. The largest absolute Gasteiger partial charge is 0.545 e. The van der Waals surface area contributed by atoms with Crippen LogP contribution in [0.4, 0.5) is 0 Å². The number of carbonyl (C=O) groups excluding carboxylic acids is 1. The van der Waals surface area contributed by atoms with Crippen molar-refractivity contribution in [3.63, 3.8) is 0 Å². The van der Waals surface area contributed by atoms with E-state index in [1.807, 2.05) is 6.92 Å². The molecule has 0 aliphatic rings. The Morgan fingerprint density at radius 3 is 2.19 bits per heavy atom. The minimum absolute atomic E-state index is 0.0648. The van der Waals surface area contributed by atoms with Gasteiger partial charge in [-0.25, -0.2) is 0 Å². The summed E-state index contributed by atoms with van der Waals surface area (Å²) in [5.41, 5.74) is 0.0648. The first-order chi connectivity index (χ1) is 7.18. The van der Waals surface area contributed by atoms with Gasteiger partial charge in [-0.2, -0.15) is 0 Å². The lowest BCUT2D eigenvalue weighted by molar-refractivity contribution is -0.299. The third kappa shape index (κ3) is 8.60. The number of aliphatic hydroxyl groups is 3. The van der Waals surface area contributed by atoms with Crippen LogP contribution < -0.4 is 5.11 Å². The van der Waals surface area contributed by atoms with Crippen molar-refractivity contribution in [2.24, 2.45) is 0 Å². The Morgan fingerprint density at radius 2 is 2.00 bits per heavy atom. The standard InChI is InChI=1S/C6H13O3Si.C4H6O2/c1-2-3-6(9,10)5(8)4-7;1-3(2)4(5)6/h5,7-9H,2-4H2,1H3;1H2,2H3,(H,5,6)/p-1. The molecule has 93 valence electrons. The molecule has 0 saturated heterocycles. The number of carbonyl (C=O) groups is 1. The maximum absolute atomic E-state index is 9.49. The number of hydrogen-bond acceptors (Lipinski definition) is 5. The van der Waals surface area contributed by atoms with Crippen molar-refractivity contribution in [3.05, 3.63) is 12.2 Å². The van der Waals surface area contributed by atoms with Crippen LogP contribution in [0.3, 0.4) is 0 Å². The van der Waals surface area contributed by atoms with Crippen LogP contribution >= 0.6 is 0 Å². The average Bonchev–Trinajstić information content (AvgIpc) is 2.17. The smallest absolute Gasteiger partial charge is 0.102 e. The molecule has 0 aromatic heterocycles. The molecule has 0 fully saturated rings. The highest BCUT2D eigenvalue weighted by Crippen LogP contribution is 2.12. The first kappa shape index (κ1) is 17.7. The number of rotatable bonds is 5. The van der Waals surface area contributed by atoms with Gasteiger partial charge in [-0.15, -0.1) is 0 Å². The van der Waals surface area contributed by atoms with Crippen molar-refractivity contribution in [3.8, 4) is 0 Å². The second kappa shape index (κ2) is 8.46. The topological polar surface area (TPSA) is 101 Å². The van der Waals surface area contributed by atoms with E-state index in [-0.39, 0.29) is 5.57 Å². The van der Waals surface area contributed by atoms with Crippen molar-refractivity contribution < 1.29 is 25.2 Å². The van der Waals surface area contributed by atoms with E-state index in [0.717, 1.165) is 6.42 Å². The molecule has 0 amide bonds. The molecule has 0 aromatic rings. The normalized spacial score (nSPS) is 15.4. The minimum atomic E-state index is -1.33. The summed E-state index contributed by atoms with van der Waals surface area (Å²) in [4.78, 5) is 9.49. The number of hydrogen-bond donors (Lipinski definition) is 3. The molecule has 0 bridgehead atoms. The summed E-state index contributed by atoms with van der Waals surface area (Å²) in [6.07, 6.45) is 0.0620. The average molecular weight is 246 g/mol. The van der Waals surface area contributed by atoms with Crippen molar-refractivity contribution in [1.82, 2.24) is 0 Å². The van der Waals surface area contributed by atoms with Crippen molar-refractivity contribution in [1.29, 1.82) is 0 Å². The highest BCUT2D eigenvalue weighted by atomic mass is 28.1. The molecule has 0 spiro atoms. The third-order valence-corrected chi connectivity index (χ3v) is 2.29. The maximum atomic E-state index is 9.49. The third-order valence-electron chi connectivity index (χ3n) is 1.70. The van der Waals surface area contributed by atoms with E-state index in [1.165, 1.54) is 6.92 Å². The van der Waals surface area contributed by atoms with Crippen LogP contribution in [0.5, 0.6) is 0 Å². The summed E-state index contributed by atoms with van der Waals surface area (Å²) < 4.78 is 0. The van der Waals surface area contributed by atoms with Crippen molar-refractivity contribution >= 4 is 16.2 Å². The van der Waals surface area contributed by atoms with Gasteiger partial charge in [-0.1, -0.05) is 19.9 Å². The maximum Gasteiger partial charge on any atom is 0.102 e. The van der Waals surface area contributed by atoms with Crippen LogP contribution in [0.25, 0.3) is 0 Å².